The minimum Gasteiger partial charge on any atom is -0.397 e. The van der Waals surface area contributed by atoms with E-state index in [1.807, 2.05) is 73.1 Å². The first-order valence-electron chi connectivity index (χ1n) is 6.10. The van der Waals surface area contributed by atoms with Gasteiger partial charge in [0.05, 0.1) is 21.0 Å². The fraction of sp³-hybridized carbons (Fsp3) is 0.333. The van der Waals surface area contributed by atoms with E-state index in [1.54, 1.807) is 0 Å². The molecule has 3 atom stereocenters. The zero-order valence-electron chi connectivity index (χ0n) is 11.7. The lowest BCUT2D eigenvalue weighted by molar-refractivity contribution is -0.142. The Morgan fingerprint density at radius 3 is 1.78 bits per heavy atom. The third-order valence-corrected chi connectivity index (χ3v) is 6.40. The lowest BCUT2D eigenvalue weighted by atomic mass is 10.1. The Morgan fingerprint density at radius 2 is 1.39 bits per heavy atom. The molecular weight excluding hydrogens is 647 g/mol. The molecule has 1 aromatic rings. The zero-order chi connectivity index (χ0) is 18.1. The van der Waals surface area contributed by atoms with Crippen molar-refractivity contribution in [2.45, 2.75) is 25.2 Å². The number of aliphatic hydroxyl groups excluding tert-OH is 3. The lowest BCUT2D eigenvalue weighted by Crippen LogP contribution is -2.45. The Bertz CT molecular complexity index is 624. The van der Waals surface area contributed by atoms with E-state index in [1.165, 1.54) is 6.92 Å². The fourth-order valence-corrected chi connectivity index (χ4v) is 5.33. The molecule has 2 amide bonds. The number of nitrogens with two attached hydrogens (primary N) is 2. The number of halogens is 3. The van der Waals surface area contributed by atoms with Gasteiger partial charge in [0.25, 0.3) is 11.8 Å². The first kappa shape index (κ1) is 21.1. The number of carbonyl (C=O) groups is 2. The molecule has 1 aromatic carbocycles. The molecule has 0 radical (unpaired) electrons. The summed E-state index contributed by atoms with van der Waals surface area (Å²) in [4.78, 5) is 23.6. The van der Waals surface area contributed by atoms with Gasteiger partial charge in [0.15, 0.2) is 12.2 Å². The van der Waals surface area contributed by atoms with Gasteiger partial charge in [-0.3, -0.25) is 14.9 Å². The standard InChI is InChI=1S/C12H14I3N3O5/c1-2(19)9(20)11(22)18-12(23)10(21)3-4(13)7(16)6(15)8(17)5(3)14/h2,9-10,19-21H,16-17H2,1H3,(H,18,22,23). The lowest BCUT2D eigenvalue weighted by Gasteiger charge is -2.19. The van der Waals surface area contributed by atoms with Gasteiger partial charge in [-0.15, -0.1) is 0 Å². The van der Waals surface area contributed by atoms with Gasteiger partial charge in [0.1, 0.15) is 0 Å². The summed E-state index contributed by atoms with van der Waals surface area (Å²) in [6.45, 7) is 1.19. The molecule has 1 rings (SSSR count). The summed E-state index contributed by atoms with van der Waals surface area (Å²) in [5, 5.41) is 30.6. The molecule has 0 aliphatic heterocycles. The number of hydrogen-bond donors (Lipinski definition) is 6. The quantitative estimate of drug-likeness (QED) is 0.197. The monoisotopic (exact) mass is 661 g/mol. The molecular formula is C12H14I3N3O5. The smallest absolute Gasteiger partial charge is 0.260 e. The topological polar surface area (TPSA) is 159 Å². The third kappa shape index (κ3) is 4.56. The van der Waals surface area contributed by atoms with E-state index in [-0.39, 0.29) is 5.56 Å². The van der Waals surface area contributed by atoms with Crippen molar-refractivity contribution in [2.75, 3.05) is 11.5 Å². The fourth-order valence-electron chi connectivity index (χ4n) is 1.58. The normalized spacial score (nSPS) is 14.9. The highest BCUT2D eigenvalue weighted by atomic mass is 127. The van der Waals surface area contributed by atoms with Gasteiger partial charge in [-0.2, -0.15) is 0 Å². The van der Waals surface area contributed by atoms with Gasteiger partial charge in [0, 0.05) is 12.7 Å². The van der Waals surface area contributed by atoms with Crippen LogP contribution in [0.15, 0.2) is 0 Å². The molecule has 3 unspecified atom stereocenters. The first-order valence-corrected chi connectivity index (χ1v) is 9.34. The summed E-state index contributed by atoms with van der Waals surface area (Å²) in [5.74, 6) is -2.16. The summed E-state index contributed by atoms with van der Waals surface area (Å²) in [6, 6.07) is 0. The van der Waals surface area contributed by atoms with Crippen LogP contribution in [0.25, 0.3) is 0 Å². The van der Waals surface area contributed by atoms with Gasteiger partial charge in [-0.1, -0.05) is 0 Å². The Kier molecular flexibility index (Phi) is 7.71. The minimum absolute atomic E-state index is 0.179. The number of nitrogen functional groups attached to an aromatic ring is 2. The number of benzene rings is 1. The van der Waals surface area contributed by atoms with Crippen LogP contribution in [0, 0.1) is 10.7 Å². The molecule has 0 aliphatic carbocycles. The van der Waals surface area contributed by atoms with Gasteiger partial charge in [0.2, 0.25) is 0 Å². The largest absolute Gasteiger partial charge is 0.397 e. The average molecular weight is 661 g/mol. The van der Waals surface area contributed by atoms with Crippen LogP contribution in [-0.4, -0.2) is 39.3 Å². The maximum Gasteiger partial charge on any atom is 0.260 e. The van der Waals surface area contributed by atoms with Crippen molar-refractivity contribution in [1.82, 2.24) is 5.32 Å². The average Bonchev–Trinajstić information content (AvgIpc) is 2.49. The van der Waals surface area contributed by atoms with Crippen LogP contribution in [-0.2, 0) is 9.59 Å². The van der Waals surface area contributed by atoms with Gasteiger partial charge in [-0.25, -0.2) is 0 Å². The van der Waals surface area contributed by atoms with E-state index in [9.17, 15) is 19.8 Å². The van der Waals surface area contributed by atoms with E-state index >= 15 is 0 Å². The molecule has 0 aliphatic rings. The summed E-state index contributed by atoms with van der Waals surface area (Å²) >= 11 is 5.71. The zero-order valence-corrected chi connectivity index (χ0v) is 18.2. The Balaban J connectivity index is 3.14. The molecule has 0 saturated heterocycles. The second kappa shape index (κ2) is 8.41. The van der Waals surface area contributed by atoms with Crippen molar-refractivity contribution < 1.29 is 24.9 Å². The highest BCUT2D eigenvalue weighted by Gasteiger charge is 2.30. The summed E-state index contributed by atoms with van der Waals surface area (Å²) in [7, 11) is 0. The third-order valence-electron chi connectivity index (χ3n) is 2.91. The molecule has 0 fully saturated rings. The first-order chi connectivity index (χ1) is 10.5. The van der Waals surface area contributed by atoms with Gasteiger partial charge < -0.3 is 26.8 Å². The number of imide groups is 1. The predicted molar refractivity (Wildman–Crippen MR) is 109 cm³/mol. The van der Waals surface area contributed by atoms with Crippen LogP contribution in [0.3, 0.4) is 0 Å². The van der Waals surface area contributed by atoms with Crippen LogP contribution in [0.4, 0.5) is 11.4 Å². The molecule has 0 saturated carbocycles. The summed E-state index contributed by atoms with van der Waals surface area (Å²) in [5.41, 5.74) is 12.6. The van der Waals surface area contributed by atoms with Crippen molar-refractivity contribution in [3.05, 3.63) is 16.3 Å². The number of hydrogen-bond acceptors (Lipinski definition) is 7. The van der Waals surface area contributed by atoms with E-state index in [0.717, 1.165) is 0 Å². The van der Waals surface area contributed by atoms with E-state index in [2.05, 4.69) is 0 Å². The van der Waals surface area contributed by atoms with Crippen LogP contribution in [0.1, 0.15) is 18.6 Å². The molecule has 23 heavy (non-hydrogen) atoms. The summed E-state index contributed by atoms with van der Waals surface area (Å²) < 4.78 is 1.49. The number of aliphatic hydroxyl groups is 3. The molecule has 0 heterocycles. The van der Waals surface area contributed by atoms with Crippen molar-refractivity contribution >= 4 is 91.0 Å². The maximum atomic E-state index is 12.0. The molecule has 0 spiro atoms. The summed E-state index contributed by atoms with van der Waals surface area (Å²) in [6.07, 6.45) is -4.85. The Labute approximate surface area is 172 Å². The van der Waals surface area contributed by atoms with Crippen molar-refractivity contribution in [1.29, 1.82) is 0 Å². The second-order valence-corrected chi connectivity index (χ2v) is 7.86. The Morgan fingerprint density at radius 1 is 0.957 bits per heavy atom. The molecule has 0 bridgehead atoms. The maximum absolute atomic E-state index is 12.0. The molecule has 0 aromatic heterocycles. The molecule has 128 valence electrons. The highest BCUT2D eigenvalue weighted by Crippen LogP contribution is 2.38. The van der Waals surface area contributed by atoms with Crippen molar-refractivity contribution in [3.8, 4) is 0 Å². The van der Waals surface area contributed by atoms with E-state index in [0.29, 0.717) is 22.1 Å². The van der Waals surface area contributed by atoms with Gasteiger partial charge in [-0.05, 0) is 74.7 Å². The molecule has 8 nitrogen and oxygen atoms in total. The number of carbonyl (C=O) groups excluding carboxylic acids is 2. The van der Waals surface area contributed by atoms with Crippen LogP contribution in [0.2, 0.25) is 0 Å². The molecule has 11 heteroatoms. The number of anilines is 2. The minimum atomic E-state index is -1.78. The number of amides is 2. The predicted octanol–water partition coefficient (Wildman–Crippen LogP) is 0.0827. The highest BCUT2D eigenvalue weighted by molar-refractivity contribution is 14.1. The van der Waals surface area contributed by atoms with E-state index in [4.69, 9.17) is 16.6 Å². The number of nitrogens with one attached hydrogen (secondary N) is 1. The van der Waals surface area contributed by atoms with E-state index < -0.39 is 30.1 Å². The number of rotatable bonds is 4. The second-order valence-electron chi connectivity index (χ2n) is 4.62. The van der Waals surface area contributed by atoms with Crippen LogP contribution in [0.5, 0.6) is 0 Å². The van der Waals surface area contributed by atoms with Crippen molar-refractivity contribution in [2.24, 2.45) is 0 Å². The van der Waals surface area contributed by atoms with Crippen molar-refractivity contribution in [3.63, 3.8) is 0 Å². The SMILES string of the molecule is CC(O)C(O)C(=O)NC(=O)C(O)c1c(I)c(N)c(I)c(N)c1I. The van der Waals surface area contributed by atoms with Crippen LogP contribution < -0.4 is 16.8 Å². The molecule has 8 N–H and O–H groups in total. The van der Waals surface area contributed by atoms with Crippen LogP contribution >= 0.6 is 67.8 Å². The van der Waals surface area contributed by atoms with Gasteiger partial charge >= 0.3 is 0 Å². The Hall–Kier alpha value is 0.0300.